The summed E-state index contributed by atoms with van der Waals surface area (Å²) in [6.07, 6.45) is 10.3. The average Bonchev–Trinajstić information content (AvgIpc) is 2.93. The van der Waals surface area contributed by atoms with Crippen molar-refractivity contribution in [1.82, 2.24) is 9.88 Å². The van der Waals surface area contributed by atoms with Crippen LogP contribution in [0.4, 0.5) is 0 Å². The molecule has 19 heavy (non-hydrogen) atoms. The van der Waals surface area contributed by atoms with Gasteiger partial charge in [-0.25, -0.2) is 0 Å². The van der Waals surface area contributed by atoms with Gasteiger partial charge in [0.05, 0.1) is 0 Å². The minimum Gasteiger partial charge on any atom is -0.326 e. The van der Waals surface area contributed by atoms with Gasteiger partial charge < -0.3 is 5.73 Å². The van der Waals surface area contributed by atoms with Crippen LogP contribution in [-0.2, 0) is 0 Å². The van der Waals surface area contributed by atoms with E-state index in [9.17, 15) is 0 Å². The standard InChI is InChI=1S/C16H27N3/c1-3-15(17)16(14-8-10-18-11-9-14)19(2)12-13-6-4-5-7-13/h8-11,13,15-16H,3-7,12,17H2,1-2H3. The molecule has 1 saturated carbocycles. The van der Waals surface area contributed by atoms with Crippen molar-refractivity contribution in [2.24, 2.45) is 11.7 Å². The first-order chi connectivity index (χ1) is 9.22. The molecule has 1 fully saturated rings. The molecule has 2 atom stereocenters. The largest absolute Gasteiger partial charge is 0.326 e. The van der Waals surface area contributed by atoms with E-state index in [1.807, 2.05) is 12.4 Å². The Hall–Kier alpha value is -0.930. The number of nitrogens with two attached hydrogens (primary N) is 1. The van der Waals surface area contributed by atoms with Crippen LogP contribution in [-0.4, -0.2) is 29.5 Å². The molecule has 0 aromatic carbocycles. The smallest absolute Gasteiger partial charge is 0.0497 e. The van der Waals surface area contributed by atoms with Gasteiger partial charge in [0.15, 0.2) is 0 Å². The third kappa shape index (κ3) is 3.77. The first kappa shape index (κ1) is 14.5. The first-order valence-corrected chi connectivity index (χ1v) is 7.58. The summed E-state index contributed by atoms with van der Waals surface area (Å²) < 4.78 is 0. The van der Waals surface area contributed by atoms with Gasteiger partial charge in [-0.1, -0.05) is 19.8 Å². The number of pyridine rings is 1. The second-order valence-corrected chi connectivity index (χ2v) is 5.89. The summed E-state index contributed by atoms with van der Waals surface area (Å²) in [6.45, 7) is 3.34. The molecule has 0 saturated heterocycles. The van der Waals surface area contributed by atoms with Crippen molar-refractivity contribution in [3.63, 3.8) is 0 Å². The van der Waals surface area contributed by atoms with Gasteiger partial charge >= 0.3 is 0 Å². The summed E-state index contributed by atoms with van der Waals surface area (Å²) in [6, 6.07) is 4.71. The third-order valence-electron chi connectivity index (χ3n) is 4.42. The Morgan fingerprint density at radius 1 is 1.32 bits per heavy atom. The van der Waals surface area contributed by atoms with Gasteiger partial charge in [0.2, 0.25) is 0 Å². The summed E-state index contributed by atoms with van der Waals surface area (Å²) in [4.78, 5) is 6.57. The van der Waals surface area contributed by atoms with Crippen molar-refractivity contribution < 1.29 is 0 Å². The van der Waals surface area contributed by atoms with Gasteiger partial charge in [0.25, 0.3) is 0 Å². The average molecular weight is 261 g/mol. The Morgan fingerprint density at radius 3 is 2.53 bits per heavy atom. The number of nitrogens with zero attached hydrogens (tertiary/aromatic N) is 2. The number of hydrogen-bond donors (Lipinski definition) is 1. The van der Waals surface area contributed by atoms with Gasteiger partial charge in [-0.3, -0.25) is 9.88 Å². The quantitative estimate of drug-likeness (QED) is 0.856. The number of rotatable bonds is 6. The molecule has 1 aromatic heterocycles. The highest BCUT2D eigenvalue weighted by molar-refractivity contribution is 5.17. The summed E-state index contributed by atoms with van der Waals surface area (Å²) in [5.41, 5.74) is 7.66. The number of hydrogen-bond acceptors (Lipinski definition) is 3. The Labute approximate surface area is 117 Å². The lowest BCUT2D eigenvalue weighted by Crippen LogP contribution is -2.40. The zero-order chi connectivity index (χ0) is 13.7. The van der Waals surface area contributed by atoms with E-state index in [4.69, 9.17) is 5.73 Å². The Bertz CT molecular complexity index is 360. The van der Waals surface area contributed by atoms with Gasteiger partial charge in [-0.05, 0) is 49.9 Å². The molecule has 0 spiro atoms. The molecule has 2 rings (SSSR count). The lowest BCUT2D eigenvalue weighted by molar-refractivity contribution is 0.180. The number of aromatic nitrogens is 1. The molecule has 0 amide bonds. The summed E-state index contributed by atoms with van der Waals surface area (Å²) >= 11 is 0. The predicted molar refractivity (Wildman–Crippen MR) is 79.8 cm³/mol. The fourth-order valence-corrected chi connectivity index (χ4v) is 3.33. The van der Waals surface area contributed by atoms with E-state index in [0.29, 0.717) is 6.04 Å². The second kappa shape index (κ2) is 7.01. The van der Waals surface area contributed by atoms with Crippen molar-refractivity contribution in [2.75, 3.05) is 13.6 Å². The zero-order valence-corrected chi connectivity index (χ0v) is 12.3. The van der Waals surface area contributed by atoms with Gasteiger partial charge in [-0.2, -0.15) is 0 Å². The van der Waals surface area contributed by atoms with E-state index in [1.54, 1.807) is 0 Å². The maximum absolute atomic E-state index is 6.36. The third-order valence-corrected chi connectivity index (χ3v) is 4.42. The highest BCUT2D eigenvalue weighted by Gasteiger charge is 2.26. The predicted octanol–water partition coefficient (Wildman–Crippen LogP) is 2.98. The van der Waals surface area contributed by atoms with Crippen molar-refractivity contribution in [1.29, 1.82) is 0 Å². The zero-order valence-electron chi connectivity index (χ0n) is 12.3. The molecule has 1 aromatic rings. The van der Waals surface area contributed by atoms with Crippen LogP contribution in [0.2, 0.25) is 0 Å². The molecule has 1 aliphatic rings. The minimum atomic E-state index is 0.189. The maximum atomic E-state index is 6.36. The Kier molecular flexibility index (Phi) is 5.34. The SMILES string of the molecule is CCC(N)C(c1ccncc1)N(C)CC1CCCC1. The van der Waals surface area contributed by atoms with E-state index in [0.717, 1.165) is 12.3 Å². The van der Waals surface area contributed by atoms with E-state index in [2.05, 4.69) is 36.0 Å². The lowest BCUT2D eigenvalue weighted by atomic mass is 9.96. The van der Waals surface area contributed by atoms with E-state index in [1.165, 1.54) is 37.8 Å². The minimum absolute atomic E-state index is 0.189. The molecule has 0 aliphatic heterocycles. The molecule has 3 heteroatoms. The number of likely N-dealkylation sites (N-methyl/N-ethyl adjacent to an activating group) is 1. The lowest BCUT2D eigenvalue weighted by Gasteiger charge is -2.34. The van der Waals surface area contributed by atoms with Crippen LogP contribution in [0.1, 0.15) is 50.6 Å². The maximum Gasteiger partial charge on any atom is 0.0497 e. The highest BCUT2D eigenvalue weighted by atomic mass is 15.1. The van der Waals surface area contributed by atoms with E-state index < -0.39 is 0 Å². The molecule has 1 heterocycles. The van der Waals surface area contributed by atoms with Crippen LogP contribution >= 0.6 is 0 Å². The summed E-state index contributed by atoms with van der Waals surface area (Å²) in [7, 11) is 2.22. The summed E-state index contributed by atoms with van der Waals surface area (Å²) in [5.74, 6) is 0.860. The summed E-state index contributed by atoms with van der Waals surface area (Å²) in [5, 5.41) is 0. The molecule has 106 valence electrons. The fraction of sp³-hybridized carbons (Fsp3) is 0.688. The molecular weight excluding hydrogens is 234 g/mol. The Balaban J connectivity index is 2.08. The normalized spacial score (nSPS) is 19.8. The van der Waals surface area contributed by atoms with E-state index in [-0.39, 0.29) is 6.04 Å². The van der Waals surface area contributed by atoms with Crippen LogP contribution in [0.5, 0.6) is 0 Å². The van der Waals surface area contributed by atoms with Gasteiger partial charge in [0.1, 0.15) is 0 Å². The first-order valence-electron chi connectivity index (χ1n) is 7.58. The molecule has 3 nitrogen and oxygen atoms in total. The molecule has 1 aliphatic carbocycles. The van der Waals surface area contributed by atoms with Crippen molar-refractivity contribution >= 4 is 0 Å². The monoisotopic (exact) mass is 261 g/mol. The van der Waals surface area contributed by atoms with Crippen molar-refractivity contribution in [2.45, 2.75) is 51.1 Å². The molecule has 2 unspecified atom stereocenters. The van der Waals surface area contributed by atoms with Crippen LogP contribution < -0.4 is 5.73 Å². The van der Waals surface area contributed by atoms with Gasteiger partial charge in [0, 0.05) is 31.0 Å². The molecular formula is C16H27N3. The Morgan fingerprint density at radius 2 is 1.95 bits per heavy atom. The second-order valence-electron chi connectivity index (χ2n) is 5.89. The fourth-order valence-electron chi connectivity index (χ4n) is 3.33. The van der Waals surface area contributed by atoms with Crippen molar-refractivity contribution in [3.8, 4) is 0 Å². The van der Waals surface area contributed by atoms with E-state index >= 15 is 0 Å². The highest BCUT2D eigenvalue weighted by Crippen LogP contribution is 2.29. The van der Waals surface area contributed by atoms with Crippen molar-refractivity contribution in [3.05, 3.63) is 30.1 Å². The van der Waals surface area contributed by atoms with Crippen LogP contribution in [0, 0.1) is 5.92 Å². The molecule has 0 radical (unpaired) electrons. The molecule has 0 bridgehead atoms. The van der Waals surface area contributed by atoms with Crippen LogP contribution in [0.3, 0.4) is 0 Å². The molecule has 2 N–H and O–H groups in total. The van der Waals surface area contributed by atoms with Crippen LogP contribution in [0.15, 0.2) is 24.5 Å². The van der Waals surface area contributed by atoms with Gasteiger partial charge in [-0.15, -0.1) is 0 Å². The topological polar surface area (TPSA) is 42.1 Å². The van der Waals surface area contributed by atoms with Crippen LogP contribution in [0.25, 0.3) is 0 Å².